The Labute approximate surface area is 66.0 Å². The summed E-state index contributed by atoms with van der Waals surface area (Å²) in [5.41, 5.74) is 5.47. The van der Waals surface area contributed by atoms with Crippen LogP contribution in [0.25, 0.3) is 0 Å². The Kier molecular flexibility index (Phi) is 3.23. The summed E-state index contributed by atoms with van der Waals surface area (Å²) in [7, 11) is 0. The molecule has 3 nitrogen and oxygen atoms in total. The van der Waals surface area contributed by atoms with Crippen LogP contribution in [0.5, 0.6) is 0 Å². The van der Waals surface area contributed by atoms with E-state index < -0.39 is 6.17 Å². The van der Waals surface area contributed by atoms with Crippen molar-refractivity contribution in [2.24, 2.45) is 5.73 Å². The summed E-state index contributed by atoms with van der Waals surface area (Å²) < 4.78 is 12.9. The van der Waals surface area contributed by atoms with Gasteiger partial charge in [0.1, 0.15) is 6.17 Å². The number of alkyl halides is 1. The molecule has 0 bridgehead atoms. The molecule has 3 N–H and O–H groups in total. The van der Waals surface area contributed by atoms with Gasteiger partial charge in [-0.2, -0.15) is 0 Å². The Morgan fingerprint density at radius 1 is 1.64 bits per heavy atom. The highest BCUT2D eigenvalue weighted by Gasteiger charge is 2.25. The lowest BCUT2D eigenvalue weighted by Crippen LogP contribution is -2.49. The zero-order valence-corrected chi connectivity index (χ0v) is 6.54. The van der Waals surface area contributed by atoms with Crippen molar-refractivity contribution >= 4 is 0 Å². The SMILES string of the molecule is NC1CCN(CCO)CC1F. The molecule has 2 unspecified atom stereocenters. The largest absolute Gasteiger partial charge is 0.395 e. The van der Waals surface area contributed by atoms with E-state index in [1.807, 2.05) is 4.90 Å². The smallest absolute Gasteiger partial charge is 0.128 e. The highest BCUT2D eigenvalue weighted by atomic mass is 19.1. The highest BCUT2D eigenvalue weighted by molar-refractivity contribution is 4.82. The summed E-state index contributed by atoms with van der Waals surface area (Å²) in [6.07, 6.45) is -0.225. The van der Waals surface area contributed by atoms with Crippen LogP contribution in [-0.2, 0) is 0 Å². The maximum absolute atomic E-state index is 12.9. The predicted octanol–water partition coefficient (Wildman–Crippen LogP) is -0.650. The fourth-order valence-corrected chi connectivity index (χ4v) is 1.33. The van der Waals surface area contributed by atoms with Crippen LogP contribution in [0, 0.1) is 0 Å². The van der Waals surface area contributed by atoms with Crippen molar-refractivity contribution in [1.82, 2.24) is 4.90 Å². The minimum absolute atomic E-state index is 0.0992. The Hall–Kier alpha value is -0.190. The zero-order chi connectivity index (χ0) is 8.27. The first-order valence-electron chi connectivity index (χ1n) is 3.97. The van der Waals surface area contributed by atoms with E-state index in [4.69, 9.17) is 10.8 Å². The van der Waals surface area contributed by atoms with E-state index in [1.165, 1.54) is 0 Å². The number of aliphatic hydroxyl groups excluding tert-OH is 1. The summed E-state index contributed by atoms with van der Waals surface area (Å²) in [6.45, 7) is 1.85. The van der Waals surface area contributed by atoms with Crippen molar-refractivity contribution in [3.05, 3.63) is 0 Å². The quantitative estimate of drug-likeness (QED) is 0.567. The predicted molar refractivity (Wildman–Crippen MR) is 41.0 cm³/mol. The van der Waals surface area contributed by atoms with Gasteiger partial charge in [0, 0.05) is 19.1 Å². The number of piperidine rings is 1. The lowest BCUT2D eigenvalue weighted by molar-refractivity contribution is 0.101. The van der Waals surface area contributed by atoms with Gasteiger partial charge in [-0.3, -0.25) is 4.90 Å². The molecule has 0 aromatic rings. The number of nitrogens with two attached hydrogens (primary N) is 1. The van der Waals surface area contributed by atoms with Gasteiger partial charge in [-0.1, -0.05) is 0 Å². The Morgan fingerprint density at radius 3 is 2.91 bits per heavy atom. The summed E-state index contributed by atoms with van der Waals surface area (Å²) in [4.78, 5) is 1.90. The van der Waals surface area contributed by atoms with E-state index in [2.05, 4.69) is 0 Å². The van der Waals surface area contributed by atoms with Gasteiger partial charge in [0.2, 0.25) is 0 Å². The standard InChI is InChI=1S/C7H15FN2O/c8-6-5-10(3-4-11)2-1-7(6)9/h6-7,11H,1-5,9H2. The third-order valence-corrected chi connectivity index (χ3v) is 2.09. The maximum atomic E-state index is 12.9. The van der Waals surface area contributed by atoms with E-state index in [9.17, 15) is 4.39 Å². The molecular weight excluding hydrogens is 147 g/mol. The first-order valence-corrected chi connectivity index (χ1v) is 3.97. The normalized spacial score (nSPS) is 34.1. The minimum Gasteiger partial charge on any atom is -0.395 e. The van der Waals surface area contributed by atoms with Crippen molar-refractivity contribution in [2.45, 2.75) is 18.6 Å². The van der Waals surface area contributed by atoms with Crippen molar-refractivity contribution in [2.75, 3.05) is 26.2 Å². The molecule has 0 aromatic heterocycles. The fourth-order valence-electron chi connectivity index (χ4n) is 1.33. The Morgan fingerprint density at radius 2 is 2.36 bits per heavy atom. The highest BCUT2D eigenvalue weighted by Crippen LogP contribution is 2.11. The van der Waals surface area contributed by atoms with E-state index in [0.717, 1.165) is 6.54 Å². The molecule has 2 atom stereocenters. The number of nitrogens with zero attached hydrogens (tertiary/aromatic N) is 1. The van der Waals surface area contributed by atoms with Crippen LogP contribution in [0.15, 0.2) is 0 Å². The van der Waals surface area contributed by atoms with E-state index >= 15 is 0 Å². The number of likely N-dealkylation sites (tertiary alicyclic amines) is 1. The van der Waals surface area contributed by atoms with E-state index in [0.29, 0.717) is 19.5 Å². The molecule has 1 fully saturated rings. The van der Waals surface area contributed by atoms with Crippen LogP contribution in [0.3, 0.4) is 0 Å². The summed E-state index contributed by atoms with van der Waals surface area (Å²) in [6, 6.07) is -0.301. The number of hydrogen-bond donors (Lipinski definition) is 2. The van der Waals surface area contributed by atoms with Crippen molar-refractivity contribution < 1.29 is 9.50 Å². The second kappa shape index (κ2) is 3.99. The number of halogens is 1. The van der Waals surface area contributed by atoms with Gasteiger partial charge in [0.25, 0.3) is 0 Å². The van der Waals surface area contributed by atoms with Crippen molar-refractivity contribution in [3.8, 4) is 0 Å². The molecule has 1 aliphatic heterocycles. The number of β-amino-alcohol motifs (C(OH)–C–C–N with tert-alkyl or cyclic N) is 1. The minimum atomic E-state index is -0.921. The van der Waals surface area contributed by atoms with E-state index in [1.54, 1.807) is 0 Å². The average molecular weight is 162 g/mol. The van der Waals surface area contributed by atoms with Crippen LogP contribution in [0.4, 0.5) is 4.39 Å². The zero-order valence-electron chi connectivity index (χ0n) is 6.54. The van der Waals surface area contributed by atoms with Gasteiger partial charge >= 0.3 is 0 Å². The molecule has 1 heterocycles. The van der Waals surface area contributed by atoms with Crippen LogP contribution < -0.4 is 5.73 Å². The lowest BCUT2D eigenvalue weighted by atomic mass is 10.0. The Balaban J connectivity index is 2.28. The van der Waals surface area contributed by atoms with Crippen LogP contribution in [0.1, 0.15) is 6.42 Å². The van der Waals surface area contributed by atoms with Gasteiger partial charge in [-0.25, -0.2) is 4.39 Å². The topological polar surface area (TPSA) is 49.5 Å². The van der Waals surface area contributed by atoms with Gasteiger partial charge in [0.05, 0.1) is 6.61 Å². The second-order valence-electron chi connectivity index (χ2n) is 2.99. The molecule has 0 radical (unpaired) electrons. The maximum Gasteiger partial charge on any atom is 0.128 e. The van der Waals surface area contributed by atoms with Crippen molar-refractivity contribution in [3.63, 3.8) is 0 Å². The third kappa shape index (κ3) is 2.39. The van der Waals surface area contributed by atoms with Gasteiger partial charge in [0.15, 0.2) is 0 Å². The summed E-state index contributed by atoms with van der Waals surface area (Å²) in [5.74, 6) is 0. The van der Waals surface area contributed by atoms with Crippen LogP contribution in [-0.4, -0.2) is 48.5 Å². The van der Waals surface area contributed by atoms with Gasteiger partial charge in [-0.15, -0.1) is 0 Å². The lowest BCUT2D eigenvalue weighted by Gasteiger charge is -2.32. The molecule has 0 spiro atoms. The van der Waals surface area contributed by atoms with E-state index in [-0.39, 0.29) is 12.6 Å². The molecular formula is C7H15FN2O. The monoisotopic (exact) mass is 162 g/mol. The second-order valence-corrected chi connectivity index (χ2v) is 2.99. The van der Waals surface area contributed by atoms with Crippen molar-refractivity contribution in [1.29, 1.82) is 0 Å². The molecule has 4 heteroatoms. The number of hydrogen-bond acceptors (Lipinski definition) is 3. The third-order valence-electron chi connectivity index (χ3n) is 2.09. The van der Waals surface area contributed by atoms with Crippen LogP contribution >= 0.6 is 0 Å². The molecule has 1 aliphatic rings. The molecule has 11 heavy (non-hydrogen) atoms. The average Bonchev–Trinajstić information content (AvgIpc) is 1.98. The fraction of sp³-hybridized carbons (Fsp3) is 1.00. The Bertz CT molecular complexity index is 123. The van der Waals surface area contributed by atoms with Gasteiger partial charge < -0.3 is 10.8 Å². The molecule has 0 aromatic carbocycles. The molecule has 0 aliphatic carbocycles. The molecule has 1 rings (SSSR count). The molecule has 1 saturated heterocycles. The van der Waals surface area contributed by atoms with Crippen LogP contribution in [0.2, 0.25) is 0 Å². The number of aliphatic hydroxyl groups is 1. The first kappa shape index (κ1) is 8.90. The van der Waals surface area contributed by atoms with Gasteiger partial charge in [-0.05, 0) is 13.0 Å². The summed E-state index contributed by atoms with van der Waals surface area (Å²) >= 11 is 0. The molecule has 0 amide bonds. The molecule has 66 valence electrons. The molecule has 0 saturated carbocycles. The number of rotatable bonds is 2. The summed E-state index contributed by atoms with van der Waals surface area (Å²) in [5, 5.41) is 8.58. The first-order chi connectivity index (χ1) is 5.24.